The molecule has 0 unspecified atom stereocenters. The molecule has 0 aromatic heterocycles. The third-order valence-electron chi connectivity index (χ3n) is 3.06. The van der Waals surface area contributed by atoms with E-state index < -0.39 is 0 Å². The summed E-state index contributed by atoms with van der Waals surface area (Å²) in [6, 6.07) is 5.76. The fourth-order valence-corrected chi connectivity index (χ4v) is 2.26. The predicted molar refractivity (Wildman–Crippen MR) is 91.0 cm³/mol. The zero-order valence-electron chi connectivity index (χ0n) is 12.5. The van der Waals surface area contributed by atoms with Crippen molar-refractivity contribution < 1.29 is 0 Å². The van der Waals surface area contributed by atoms with Gasteiger partial charge in [0.2, 0.25) is 5.96 Å². The summed E-state index contributed by atoms with van der Waals surface area (Å²) in [6.45, 7) is 2.22. The molecule has 1 rings (SSSR count). The van der Waals surface area contributed by atoms with E-state index in [4.69, 9.17) is 28.8 Å². The van der Waals surface area contributed by atoms with E-state index in [0.29, 0.717) is 10.7 Å². The van der Waals surface area contributed by atoms with Gasteiger partial charge in [-0.05, 0) is 30.5 Å². The van der Waals surface area contributed by atoms with Crippen molar-refractivity contribution in [2.75, 3.05) is 0 Å². The van der Waals surface area contributed by atoms with Gasteiger partial charge in [0, 0.05) is 0 Å². The number of hydrogen-bond donors (Lipinski definition) is 3. The quantitative estimate of drug-likeness (QED) is 0.409. The van der Waals surface area contributed by atoms with Gasteiger partial charge in [-0.2, -0.15) is 4.99 Å². The molecule has 0 aliphatic heterocycles. The maximum atomic E-state index is 6.20. The first-order chi connectivity index (χ1) is 10.0. The third-order valence-corrected chi connectivity index (χ3v) is 3.36. The van der Waals surface area contributed by atoms with Crippen LogP contribution < -0.4 is 17.2 Å². The molecule has 21 heavy (non-hydrogen) atoms. The molecular formula is C15H24ClN5. The Morgan fingerprint density at radius 1 is 1.10 bits per heavy atom. The van der Waals surface area contributed by atoms with Gasteiger partial charge in [-0.25, -0.2) is 4.99 Å². The lowest BCUT2D eigenvalue weighted by molar-refractivity contribution is 0.632. The second-order valence-electron chi connectivity index (χ2n) is 4.96. The Balaban J connectivity index is 2.62. The summed E-state index contributed by atoms with van der Waals surface area (Å²) >= 11 is 6.20. The highest BCUT2D eigenvalue weighted by Crippen LogP contribution is 2.26. The van der Waals surface area contributed by atoms with Gasteiger partial charge >= 0.3 is 0 Å². The fourth-order valence-electron chi connectivity index (χ4n) is 2.01. The number of unbranched alkanes of at least 4 members (excludes halogenated alkanes) is 4. The number of hydrogen-bond acceptors (Lipinski definition) is 1. The van der Waals surface area contributed by atoms with Gasteiger partial charge < -0.3 is 17.2 Å². The maximum absolute atomic E-state index is 6.20. The Bertz CT molecular complexity index is 507. The average Bonchev–Trinajstić information content (AvgIpc) is 2.40. The number of benzene rings is 1. The van der Waals surface area contributed by atoms with Crippen LogP contribution in [0.2, 0.25) is 5.02 Å². The summed E-state index contributed by atoms with van der Waals surface area (Å²) in [6.07, 6.45) is 7.31. The van der Waals surface area contributed by atoms with Gasteiger partial charge in [-0.3, -0.25) is 0 Å². The van der Waals surface area contributed by atoms with Gasteiger partial charge in [-0.15, -0.1) is 0 Å². The van der Waals surface area contributed by atoms with E-state index in [-0.39, 0.29) is 11.9 Å². The molecule has 0 heterocycles. The molecule has 5 nitrogen and oxygen atoms in total. The lowest BCUT2D eigenvalue weighted by Crippen LogP contribution is -2.26. The minimum atomic E-state index is -0.129. The summed E-state index contributed by atoms with van der Waals surface area (Å²) in [5.41, 5.74) is 17.8. The van der Waals surface area contributed by atoms with E-state index in [1.165, 1.54) is 37.7 Å². The van der Waals surface area contributed by atoms with Gasteiger partial charge in [0.1, 0.15) is 0 Å². The van der Waals surface area contributed by atoms with E-state index >= 15 is 0 Å². The van der Waals surface area contributed by atoms with Crippen LogP contribution in [0.15, 0.2) is 28.2 Å². The lowest BCUT2D eigenvalue weighted by Gasteiger charge is -2.05. The fraction of sp³-hybridized carbons (Fsp3) is 0.467. The second-order valence-corrected chi connectivity index (χ2v) is 5.36. The van der Waals surface area contributed by atoms with Gasteiger partial charge in [-0.1, -0.05) is 50.3 Å². The van der Waals surface area contributed by atoms with E-state index in [9.17, 15) is 0 Å². The lowest BCUT2D eigenvalue weighted by atomic mass is 10.1. The van der Waals surface area contributed by atoms with E-state index in [2.05, 4.69) is 16.9 Å². The molecule has 6 N–H and O–H groups in total. The molecule has 6 heteroatoms. The van der Waals surface area contributed by atoms with Crippen LogP contribution in [0.3, 0.4) is 0 Å². The molecule has 116 valence electrons. The third kappa shape index (κ3) is 6.99. The largest absolute Gasteiger partial charge is 0.370 e. The minimum absolute atomic E-state index is 0.00999. The number of nitrogens with two attached hydrogens (primary N) is 3. The van der Waals surface area contributed by atoms with Gasteiger partial charge in [0.25, 0.3) is 0 Å². The zero-order valence-corrected chi connectivity index (χ0v) is 13.2. The Kier molecular flexibility index (Phi) is 7.61. The molecule has 0 fully saturated rings. The molecule has 0 amide bonds. The van der Waals surface area contributed by atoms with Crippen LogP contribution in [0.25, 0.3) is 0 Å². The first-order valence-corrected chi connectivity index (χ1v) is 7.63. The smallest absolute Gasteiger partial charge is 0.223 e. The summed E-state index contributed by atoms with van der Waals surface area (Å²) in [5, 5.41) is 0.551. The molecule has 1 aromatic carbocycles. The summed E-state index contributed by atoms with van der Waals surface area (Å²) in [7, 11) is 0. The van der Waals surface area contributed by atoms with E-state index in [1.807, 2.05) is 18.2 Å². The van der Waals surface area contributed by atoms with E-state index in [1.54, 1.807) is 0 Å². The predicted octanol–water partition coefficient (Wildman–Crippen LogP) is 3.07. The van der Waals surface area contributed by atoms with Crippen molar-refractivity contribution in [1.82, 2.24) is 0 Å². The Morgan fingerprint density at radius 3 is 2.43 bits per heavy atom. The molecule has 0 bridgehead atoms. The minimum Gasteiger partial charge on any atom is -0.370 e. The molecule has 1 aromatic rings. The number of aryl methyl sites for hydroxylation is 1. The second kappa shape index (κ2) is 9.23. The Hall–Kier alpha value is -1.75. The monoisotopic (exact) mass is 309 g/mol. The topological polar surface area (TPSA) is 103 Å². The highest BCUT2D eigenvalue weighted by Gasteiger charge is 2.02. The highest BCUT2D eigenvalue weighted by molar-refractivity contribution is 6.33. The summed E-state index contributed by atoms with van der Waals surface area (Å²) < 4.78 is 0. The molecule has 0 saturated heterocycles. The average molecular weight is 310 g/mol. The van der Waals surface area contributed by atoms with Gasteiger partial charge in [0.05, 0.1) is 10.7 Å². The van der Waals surface area contributed by atoms with Crippen LogP contribution in [-0.2, 0) is 6.42 Å². The van der Waals surface area contributed by atoms with Crippen LogP contribution in [0.1, 0.15) is 44.6 Å². The first kappa shape index (κ1) is 17.3. The summed E-state index contributed by atoms with van der Waals surface area (Å²) in [5.74, 6) is -0.139. The molecular weight excluding hydrogens is 286 g/mol. The molecule has 0 spiro atoms. The Morgan fingerprint density at radius 2 is 1.81 bits per heavy atom. The molecule has 0 radical (unpaired) electrons. The first-order valence-electron chi connectivity index (χ1n) is 7.25. The van der Waals surface area contributed by atoms with Crippen LogP contribution in [-0.4, -0.2) is 11.9 Å². The van der Waals surface area contributed by atoms with Gasteiger partial charge in [0.15, 0.2) is 5.96 Å². The van der Waals surface area contributed by atoms with Crippen LogP contribution >= 0.6 is 11.6 Å². The van der Waals surface area contributed by atoms with Crippen molar-refractivity contribution >= 4 is 29.2 Å². The molecule has 0 aliphatic carbocycles. The number of halogens is 1. The van der Waals surface area contributed by atoms with Crippen molar-refractivity contribution in [2.45, 2.75) is 45.4 Å². The molecule has 0 aliphatic rings. The number of guanidine groups is 2. The summed E-state index contributed by atoms with van der Waals surface area (Å²) in [4.78, 5) is 7.73. The van der Waals surface area contributed by atoms with Crippen molar-refractivity contribution in [3.63, 3.8) is 0 Å². The van der Waals surface area contributed by atoms with Crippen molar-refractivity contribution in [3.8, 4) is 0 Å². The number of nitrogens with zero attached hydrogens (tertiary/aromatic N) is 2. The van der Waals surface area contributed by atoms with Crippen molar-refractivity contribution in [2.24, 2.45) is 27.2 Å². The maximum Gasteiger partial charge on any atom is 0.223 e. The molecule has 0 atom stereocenters. The number of rotatable bonds is 7. The Labute approximate surface area is 131 Å². The normalized spacial score (nSPS) is 11.4. The van der Waals surface area contributed by atoms with Crippen LogP contribution in [0.4, 0.5) is 5.69 Å². The zero-order chi connectivity index (χ0) is 15.7. The van der Waals surface area contributed by atoms with E-state index in [0.717, 1.165) is 6.42 Å². The molecule has 0 saturated carbocycles. The van der Waals surface area contributed by atoms with Crippen molar-refractivity contribution in [1.29, 1.82) is 0 Å². The SMILES string of the molecule is CCCCCCCc1ccc(N=C(N)N=C(N)N)c(Cl)c1. The number of aliphatic imine (C=N–C) groups is 2. The van der Waals surface area contributed by atoms with Crippen LogP contribution in [0, 0.1) is 0 Å². The standard InChI is InChI=1S/C15H24ClN5/c1-2-3-4-5-6-7-11-8-9-13(12(16)10-11)20-15(19)21-14(17)18/h8-10H,2-7H2,1H3,(H6,17,18,19,20,21). The van der Waals surface area contributed by atoms with Crippen molar-refractivity contribution in [3.05, 3.63) is 28.8 Å². The van der Waals surface area contributed by atoms with Crippen LogP contribution in [0.5, 0.6) is 0 Å². The highest BCUT2D eigenvalue weighted by atomic mass is 35.5.